The lowest BCUT2D eigenvalue weighted by atomic mass is 9.82. The fraction of sp³-hybridized carbons (Fsp3) is 0.419. The van der Waals surface area contributed by atoms with Crippen molar-refractivity contribution in [2.45, 2.75) is 79.6 Å². The second-order valence-corrected chi connectivity index (χ2v) is 10.1. The summed E-state index contributed by atoms with van der Waals surface area (Å²) in [6.07, 6.45) is 11.8. The van der Waals surface area contributed by atoms with Crippen LogP contribution in [0, 0.1) is 5.92 Å². The molecule has 0 saturated carbocycles. The molecule has 0 amide bonds. The number of benzene rings is 2. The Morgan fingerprint density at radius 1 is 0.758 bits per heavy atom. The Hall–Kier alpha value is -2.74. The first-order chi connectivity index (χ1) is 15.8. The molecular weight excluding hydrogens is 404 g/mol. The Morgan fingerprint density at radius 2 is 1.33 bits per heavy atom. The molecule has 0 spiro atoms. The number of fused-ring (bicyclic) bond motifs is 2. The molecule has 2 heteroatoms. The van der Waals surface area contributed by atoms with E-state index in [0.29, 0.717) is 28.2 Å². The Bertz CT molecular complexity index is 1080. The normalized spacial score (nSPS) is 13.2. The SMILES string of the molecule is CC(C)=CCC/C(C)=C/CCc1ccc2c(c1)C(=O)c1cc(CCCC(C)C)ccc1C2=O. The minimum atomic E-state index is -0.0325. The van der Waals surface area contributed by atoms with E-state index in [1.807, 2.05) is 36.4 Å². The summed E-state index contributed by atoms with van der Waals surface area (Å²) in [7, 11) is 0. The molecular formula is C31H38O2. The zero-order valence-corrected chi connectivity index (χ0v) is 21.0. The second kappa shape index (κ2) is 11.4. The van der Waals surface area contributed by atoms with Crippen LogP contribution in [0.1, 0.15) is 110 Å². The highest BCUT2D eigenvalue weighted by Gasteiger charge is 2.29. The molecule has 0 radical (unpaired) electrons. The molecule has 0 saturated heterocycles. The van der Waals surface area contributed by atoms with E-state index in [4.69, 9.17) is 0 Å². The number of carbonyl (C=O) groups is 2. The van der Waals surface area contributed by atoms with Gasteiger partial charge in [0.25, 0.3) is 0 Å². The molecule has 2 aromatic carbocycles. The van der Waals surface area contributed by atoms with Crippen molar-refractivity contribution < 1.29 is 9.59 Å². The van der Waals surface area contributed by atoms with Crippen LogP contribution in [-0.4, -0.2) is 11.6 Å². The summed E-state index contributed by atoms with van der Waals surface area (Å²) in [4.78, 5) is 26.4. The molecule has 3 rings (SSSR count). The van der Waals surface area contributed by atoms with Crippen molar-refractivity contribution in [3.8, 4) is 0 Å². The van der Waals surface area contributed by atoms with Crippen molar-refractivity contribution in [3.63, 3.8) is 0 Å². The van der Waals surface area contributed by atoms with Crippen LogP contribution in [0.2, 0.25) is 0 Å². The summed E-state index contributed by atoms with van der Waals surface area (Å²) in [5.74, 6) is 0.627. The average molecular weight is 443 g/mol. The van der Waals surface area contributed by atoms with Crippen molar-refractivity contribution in [1.29, 1.82) is 0 Å². The number of hydrogen-bond donors (Lipinski definition) is 0. The van der Waals surface area contributed by atoms with Crippen LogP contribution in [0.15, 0.2) is 59.7 Å². The quantitative estimate of drug-likeness (QED) is 0.297. The molecule has 0 N–H and O–H groups in total. The number of ketones is 2. The van der Waals surface area contributed by atoms with E-state index in [1.54, 1.807) is 0 Å². The standard InChI is InChI=1S/C31H38O2/c1-21(2)9-6-11-23(5)12-8-14-25-16-18-27-29(20-25)31(33)28-19-24(13-7-10-22(3)4)15-17-26(28)30(27)32/h9,12,15-20,22H,6-8,10-11,13-14H2,1-5H3/b23-12+. The van der Waals surface area contributed by atoms with Gasteiger partial charge in [0.2, 0.25) is 0 Å². The third kappa shape index (κ3) is 6.63. The van der Waals surface area contributed by atoms with Gasteiger partial charge in [-0.2, -0.15) is 0 Å². The summed E-state index contributed by atoms with van der Waals surface area (Å²) in [6.45, 7) is 10.9. The van der Waals surface area contributed by atoms with Gasteiger partial charge in [0, 0.05) is 22.3 Å². The maximum absolute atomic E-state index is 13.3. The summed E-state index contributed by atoms with van der Waals surface area (Å²) >= 11 is 0. The van der Waals surface area contributed by atoms with Crippen molar-refractivity contribution in [3.05, 3.63) is 93.1 Å². The summed E-state index contributed by atoms with van der Waals surface area (Å²) in [6, 6.07) is 11.6. The van der Waals surface area contributed by atoms with Gasteiger partial charge in [-0.3, -0.25) is 9.59 Å². The topological polar surface area (TPSA) is 34.1 Å². The van der Waals surface area contributed by atoms with Gasteiger partial charge in [-0.05, 0) is 88.5 Å². The van der Waals surface area contributed by atoms with Crippen LogP contribution in [0.25, 0.3) is 0 Å². The van der Waals surface area contributed by atoms with Crippen molar-refractivity contribution in [2.24, 2.45) is 5.92 Å². The summed E-state index contributed by atoms with van der Waals surface area (Å²) in [5.41, 5.74) is 7.23. The van der Waals surface area contributed by atoms with Gasteiger partial charge < -0.3 is 0 Å². The van der Waals surface area contributed by atoms with Gasteiger partial charge in [0.1, 0.15) is 0 Å². The zero-order valence-electron chi connectivity index (χ0n) is 21.0. The van der Waals surface area contributed by atoms with E-state index < -0.39 is 0 Å². The predicted molar refractivity (Wildman–Crippen MR) is 138 cm³/mol. The third-order valence-corrected chi connectivity index (χ3v) is 6.41. The summed E-state index contributed by atoms with van der Waals surface area (Å²) in [5, 5.41) is 0. The first kappa shape index (κ1) is 24.9. The minimum absolute atomic E-state index is 0.0133. The molecule has 0 heterocycles. The molecule has 0 bridgehead atoms. The molecule has 1 aliphatic carbocycles. The van der Waals surface area contributed by atoms with E-state index in [2.05, 4.69) is 46.8 Å². The van der Waals surface area contributed by atoms with E-state index in [9.17, 15) is 9.59 Å². The molecule has 2 nitrogen and oxygen atoms in total. The number of allylic oxidation sites excluding steroid dienone is 4. The third-order valence-electron chi connectivity index (χ3n) is 6.41. The second-order valence-electron chi connectivity index (χ2n) is 10.1. The molecule has 33 heavy (non-hydrogen) atoms. The van der Waals surface area contributed by atoms with Gasteiger partial charge in [-0.15, -0.1) is 0 Å². The first-order valence-electron chi connectivity index (χ1n) is 12.4. The maximum Gasteiger partial charge on any atom is 0.194 e. The molecule has 0 atom stereocenters. The van der Waals surface area contributed by atoms with Gasteiger partial charge in [-0.25, -0.2) is 0 Å². The molecule has 2 aromatic rings. The Labute approximate surface area is 199 Å². The van der Waals surface area contributed by atoms with E-state index in [-0.39, 0.29) is 11.6 Å². The van der Waals surface area contributed by atoms with Crippen LogP contribution in [0.3, 0.4) is 0 Å². The maximum atomic E-state index is 13.3. The van der Waals surface area contributed by atoms with E-state index in [0.717, 1.165) is 49.7 Å². The van der Waals surface area contributed by atoms with E-state index >= 15 is 0 Å². The van der Waals surface area contributed by atoms with Crippen LogP contribution < -0.4 is 0 Å². The minimum Gasteiger partial charge on any atom is -0.289 e. The molecule has 0 aliphatic heterocycles. The van der Waals surface area contributed by atoms with Crippen LogP contribution in [0.5, 0.6) is 0 Å². The lowest BCUT2D eigenvalue weighted by Gasteiger charge is -2.19. The van der Waals surface area contributed by atoms with Crippen molar-refractivity contribution in [2.75, 3.05) is 0 Å². The number of rotatable bonds is 10. The zero-order chi connectivity index (χ0) is 24.0. The first-order valence-corrected chi connectivity index (χ1v) is 12.4. The lowest BCUT2D eigenvalue weighted by molar-refractivity contribution is 0.0979. The predicted octanol–water partition coefficient (Wildman–Crippen LogP) is 8.07. The molecule has 0 fully saturated rings. The molecule has 174 valence electrons. The molecule has 0 aromatic heterocycles. The monoisotopic (exact) mass is 442 g/mol. The molecule has 0 unspecified atom stereocenters. The average Bonchev–Trinajstić information content (AvgIpc) is 2.77. The summed E-state index contributed by atoms with van der Waals surface area (Å²) < 4.78 is 0. The largest absolute Gasteiger partial charge is 0.289 e. The van der Waals surface area contributed by atoms with Gasteiger partial charge in [-0.1, -0.05) is 67.8 Å². The van der Waals surface area contributed by atoms with Gasteiger partial charge >= 0.3 is 0 Å². The number of aryl methyl sites for hydroxylation is 2. The van der Waals surface area contributed by atoms with E-state index in [1.165, 1.54) is 17.6 Å². The van der Waals surface area contributed by atoms with Crippen LogP contribution in [0.4, 0.5) is 0 Å². The fourth-order valence-electron chi connectivity index (χ4n) is 4.45. The Morgan fingerprint density at radius 3 is 1.91 bits per heavy atom. The van der Waals surface area contributed by atoms with Gasteiger partial charge in [0.15, 0.2) is 11.6 Å². The van der Waals surface area contributed by atoms with Crippen molar-refractivity contribution in [1.82, 2.24) is 0 Å². The van der Waals surface area contributed by atoms with Crippen molar-refractivity contribution >= 4 is 11.6 Å². The fourth-order valence-corrected chi connectivity index (χ4v) is 4.45. The van der Waals surface area contributed by atoms with Gasteiger partial charge in [0.05, 0.1) is 0 Å². The Kier molecular flexibility index (Phi) is 8.61. The Balaban J connectivity index is 1.71. The highest BCUT2D eigenvalue weighted by atomic mass is 16.1. The van der Waals surface area contributed by atoms with Crippen LogP contribution >= 0.6 is 0 Å². The smallest absolute Gasteiger partial charge is 0.194 e. The highest BCUT2D eigenvalue weighted by Crippen LogP contribution is 2.29. The highest BCUT2D eigenvalue weighted by molar-refractivity contribution is 6.28. The molecule has 1 aliphatic rings. The lowest BCUT2D eigenvalue weighted by Crippen LogP contribution is -2.21. The number of carbonyl (C=O) groups excluding carboxylic acids is 2. The number of hydrogen-bond acceptors (Lipinski definition) is 2. The van der Waals surface area contributed by atoms with Crippen LogP contribution in [-0.2, 0) is 12.8 Å².